The van der Waals surface area contributed by atoms with Crippen molar-refractivity contribution in [1.29, 1.82) is 0 Å². The van der Waals surface area contributed by atoms with Gasteiger partial charge < -0.3 is 25.4 Å². The van der Waals surface area contributed by atoms with Crippen LogP contribution >= 0.6 is 0 Å². The third-order valence-corrected chi connectivity index (χ3v) is 5.83. The Labute approximate surface area is 203 Å². The Kier molecular flexibility index (Phi) is 7.23. The van der Waals surface area contributed by atoms with Crippen molar-refractivity contribution in [2.24, 2.45) is 5.92 Å². The lowest BCUT2D eigenvalue weighted by Gasteiger charge is -2.30. The minimum absolute atomic E-state index is 0.0894. The van der Waals surface area contributed by atoms with Crippen LogP contribution in [0, 0.1) is 23.4 Å². The number of halogens is 3. The van der Waals surface area contributed by atoms with E-state index in [2.05, 4.69) is 27.2 Å². The predicted molar refractivity (Wildman–Crippen MR) is 126 cm³/mol. The van der Waals surface area contributed by atoms with E-state index in [0.717, 1.165) is 18.2 Å². The standard InChI is InChI=1S/C24H22F3N5O4/c1-2-20(33)30-18-9-14-17(10-19(18)36-11-13-5-7-32(8-6-13)24(34)35)28-12-29-23(14)31-16-4-3-15(25)21(26)22(16)27/h2-4,9-10,12-13H,1,5-8,11H2,(H,30,33)(H,34,35)(H,28,29,31). The third kappa shape index (κ3) is 5.32. The van der Waals surface area contributed by atoms with Crippen molar-refractivity contribution in [3.05, 3.63) is 60.7 Å². The topological polar surface area (TPSA) is 117 Å². The van der Waals surface area contributed by atoms with Crippen molar-refractivity contribution in [3.8, 4) is 5.75 Å². The molecule has 2 aromatic carbocycles. The largest absolute Gasteiger partial charge is 0.491 e. The average molecular weight is 501 g/mol. The monoisotopic (exact) mass is 501 g/mol. The Morgan fingerprint density at radius 2 is 1.89 bits per heavy atom. The third-order valence-electron chi connectivity index (χ3n) is 5.83. The molecule has 0 spiro atoms. The van der Waals surface area contributed by atoms with Crippen LogP contribution in [0.4, 0.5) is 35.2 Å². The van der Waals surface area contributed by atoms with Gasteiger partial charge in [0.1, 0.15) is 17.9 Å². The van der Waals surface area contributed by atoms with Crippen molar-refractivity contribution in [1.82, 2.24) is 14.9 Å². The molecule has 1 aliphatic heterocycles. The van der Waals surface area contributed by atoms with Gasteiger partial charge in [-0.25, -0.2) is 27.9 Å². The van der Waals surface area contributed by atoms with E-state index in [1.54, 1.807) is 6.07 Å². The number of nitrogens with one attached hydrogen (secondary N) is 2. The number of rotatable bonds is 7. The van der Waals surface area contributed by atoms with E-state index in [9.17, 15) is 22.8 Å². The number of likely N-dealkylation sites (tertiary alicyclic amines) is 1. The van der Waals surface area contributed by atoms with Crippen LogP contribution in [0.25, 0.3) is 10.9 Å². The summed E-state index contributed by atoms with van der Waals surface area (Å²) in [5, 5.41) is 14.7. The van der Waals surface area contributed by atoms with E-state index in [0.29, 0.717) is 42.6 Å². The van der Waals surface area contributed by atoms with Gasteiger partial charge in [0.2, 0.25) is 5.91 Å². The van der Waals surface area contributed by atoms with Gasteiger partial charge in [-0.3, -0.25) is 4.79 Å². The molecule has 3 N–H and O–H groups in total. The molecule has 0 saturated carbocycles. The molecule has 0 atom stereocenters. The van der Waals surface area contributed by atoms with Crippen LogP contribution in [-0.2, 0) is 4.79 Å². The first kappa shape index (κ1) is 24.8. The summed E-state index contributed by atoms with van der Waals surface area (Å²) in [6.07, 6.45) is 2.59. The zero-order chi connectivity index (χ0) is 25.8. The van der Waals surface area contributed by atoms with Crippen molar-refractivity contribution < 1.29 is 32.6 Å². The highest BCUT2D eigenvalue weighted by Gasteiger charge is 2.23. The van der Waals surface area contributed by atoms with Crippen molar-refractivity contribution >= 4 is 40.1 Å². The molecular weight excluding hydrogens is 479 g/mol. The molecule has 0 radical (unpaired) electrons. The second-order valence-electron chi connectivity index (χ2n) is 8.15. The van der Waals surface area contributed by atoms with Crippen LogP contribution in [0.2, 0.25) is 0 Å². The number of hydrogen-bond donors (Lipinski definition) is 3. The number of carboxylic acid groups (broad SMARTS) is 1. The highest BCUT2D eigenvalue weighted by atomic mass is 19.2. The van der Waals surface area contributed by atoms with Gasteiger partial charge in [0, 0.05) is 24.5 Å². The molecular formula is C24H22F3N5O4. The summed E-state index contributed by atoms with van der Waals surface area (Å²) in [5.74, 6) is -4.35. The van der Waals surface area contributed by atoms with Crippen LogP contribution in [0.3, 0.4) is 0 Å². The quantitative estimate of drug-likeness (QED) is 0.318. The fourth-order valence-corrected chi connectivity index (χ4v) is 3.83. The molecule has 0 unspecified atom stereocenters. The summed E-state index contributed by atoms with van der Waals surface area (Å²) in [7, 11) is 0. The Morgan fingerprint density at radius 1 is 1.14 bits per heavy atom. The number of anilines is 3. The van der Waals surface area contributed by atoms with Gasteiger partial charge in [0.25, 0.3) is 0 Å². The van der Waals surface area contributed by atoms with E-state index in [1.165, 1.54) is 17.3 Å². The maximum Gasteiger partial charge on any atom is 0.407 e. The predicted octanol–water partition coefficient (Wildman–Crippen LogP) is 4.68. The molecule has 3 aromatic rings. The number of nitrogens with zero attached hydrogens (tertiary/aromatic N) is 3. The first-order valence-corrected chi connectivity index (χ1v) is 11.0. The lowest BCUT2D eigenvalue weighted by Crippen LogP contribution is -2.38. The van der Waals surface area contributed by atoms with E-state index in [1.807, 2.05) is 0 Å². The van der Waals surface area contributed by atoms with Crippen molar-refractivity contribution in [2.45, 2.75) is 12.8 Å². The molecule has 1 aliphatic rings. The van der Waals surface area contributed by atoms with Crippen LogP contribution < -0.4 is 15.4 Å². The highest BCUT2D eigenvalue weighted by molar-refractivity contribution is 6.03. The molecule has 2 heterocycles. The van der Waals surface area contributed by atoms with E-state index in [4.69, 9.17) is 9.84 Å². The molecule has 0 aliphatic carbocycles. The first-order chi connectivity index (χ1) is 17.3. The number of carbonyl (C=O) groups is 2. The maximum absolute atomic E-state index is 14.2. The van der Waals surface area contributed by atoms with E-state index in [-0.39, 0.29) is 29.7 Å². The second kappa shape index (κ2) is 10.5. The maximum atomic E-state index is 14.2. The lowest BCUT2D eigenvalue weighted by molar-refractivity contribution is -0.111. The van der Waals surface area contributed by atoms with Crippen LogP contribution in [0.1, 0.15) is 12.8 Å². The van der Waals surface area contributed by atoms with Gasteiger partial charge in [-0.05, 0) is 43.0 Å². The van der Waals surface area contributed by atoms with Gasteiger partial charge in [-0.15, -0.1) is 0 Å². The molecule has 0 bridgehead atoms. The minimum atomic E-state index is -1.62. The molecule has 36 heavy (non-hydrogen) atoms. The first-order valence-electron chi connectivity index (χ1n) is 11.0. The van der Waals surface area contributed by atoms with Crippen LogP contribution in [-0.4, -0.2) is 51.7 Å². The summed E-state index contributed by atoms with van der Waals surface area (Å²) in [6.45, 7) is 4.53. The Balaban J connectivity index is 1.62. The molecule has 9 nitrogen and oxygen atoms in total. The summed E-state index contributed by atoms with van der Waals surface area (Å²) >= 11 is 0. The van der Waals surface area contributed by atoms with Crippen LogP contribution in [0.5, 0.6) is 5.75 Å². The normalized spacial score (nSPS) is 13.9. The number of piperidine rings is 1. The summed E-state index contributed by atoms with van der Waals surface area (Å²) in [5.41, 5.74) is 0.306. The van der Waals surface area contributed by atoms with Crippen LogP contribution in [0.15, 0.2) is 43.2 Å². The number of aromatic nitrogens is 2. The number of benzene rings is 2. The Hall–Kier alpha value is -4.35. The summed E-state index contributed by atoms with van der Waals surface area (Å²) in [6, 6.07) is 4.90. The minimum Gasteiger partial charge on any atom is -0.491 e. The molecule has 4 rings (SSSR count). The lowest BCUT2D eigenvalue weighted by atomic mass is 9.98. The highest BCUT2D eigenvalue weighted by Crippen LogP contribution is 2.35. The van der Waals surface area contributed by atoms with E-state index >= 15 is 0 Å². The second-order valence-corrected chi connectivity index (χ2v) is 8.15. The zero-order valence-corrected chi connectivity index (χ0v) is 18.9. The van der Waals surface area contributed by atoms with Gasteiger partial charge in [-0.2, -0.15) is 0 Å². The number of ether oxygens (including phenoxy) is 1. The van der Waals surface area contributed by atoms with E-state index < -0.39 is 29.5 Å². The number of hydrogen-bond acceptors (Lipinski definition) is 6. The van der Waals surface area contributed by atoms with Crippen molar-refractivity contribution in [3.63, 3.8) is 0 Å². The van der Waals surface area contributed by atoms with Gasteiger partial charge >= 0.3 is 6.09 Å². The summed E-state index contributed by atoms with van der Waals surface area (Å²) < 4.78 is 47.2. The number of carbonyl (C=O) groups excluding carboxylic acids is 1. The number of fused-ring (bicyclic) bond motifs is 1. The fourth-order valence-electron chi connectivity index (χ4n) is 3.83. The Morgan fingerprint density at radius 3 is 2.58 bits per heavy atom. The molecule has 2 amide bonds. The molecule has 188 valence electrons. The van der Waals surface area contributed by atoms with Gasteiger partial charge in [0.15, 0.2) is 17.5 Å². The average Bonchev–Trinajstić information content (AvgIpc) is 2.88. The fraction of sp³-hybridized carbons (Fsp3) is 0.250. The van der Waals surface area contributed by atoms with Gasteiger partial charge in [0.05, 0.1) is 23.5 Å². The van der Waals surface area contributed by atoms with Crippen molar-refractivity contribution in [2.75, 3.05) is 30.3 Å². The summed E-state index contributed by atoms with van der Waals surface area (Å²) in [4.78, 5) is 32.8. The smallest absolute Gasteiger partial charge is 0.407 e. The molecule has 12 heteroatoms. The Bertz CT molecular complexity index is 1330. The molecule has 1 saturated heterocycles. The zero-order valence-electron chi connectivity index (χ0n) is 18.9. The molecule has 1 aromatic heterocycles. The number of amides is 2. The van der Waals surface area contributed by atoms with Gasteiger partial charge in [-0.1, -0.05) is 6.58 Å². The SMILES string of the molecule is C=CC(=O)Nc1cc2c(Nc3ccc(F)c(F)c3F)ncnc2cc1OCC1CCN(C(=O)O)CC1. The molecule has 1 fully saturated rings.